The number of rotatable bonds is 5. The number of para-hydroxylation sites is 1. The summed E-state index contributed by atoms with van der Waals surface area (Å²) in [5, 5.41) is 5.92. The van der Waals surface area contributed by atoms with Crippen LogP contribution in [0.5, 0.6) is 0 Å². The molecule has 2 N–H and O–H groups in total. The maximum atomic E-state index is 12.1. The number of benzene rings is 1. The topological polar surface area (TPSA) is 53.5 Å². The second-order valence-corrected chi connectivity index (χ2v) is 4.81. The zero-order valence-corrected chi connectivity index (χ0v) is 12.8. The van der Waals surface area contributed by atoms with Crippen molar-refractivity contribution in [1.82, 2.24) is 5.32 Å². The second-order valence-electron chi connectivity index (χ2n) is 4.81. The molecule has 2 rings (SSSR count). The van der Waals surface area contributed by atoms with E-state index in [0.29, 0.717) is 5.57 Å². The van der Waals surface area contributed by atoms with Gasteiger partial charge in [0.25, 0.3) is 5.91 Å². The van der Waals surface area contributed by atoms with Crippen molar-refractivity contribution in [1.29, 1.82) is 0 Å². The number of nitrogens with zero attached hydrogens (tertiary/aromatic N) is 1. The minimum atomic E-state index is -0.109. The molecule has 0 saturated heterocycles. The molecule has 0 spiro atoms. The maximum absolute atomic E-state index is 12.1. The van der Waals surface area contributed by atoms with E-state index in [0.717, 1.165) is 28.2 Å². The summed E-state index contributed by atoms with van der Waals surface area (Å²) in [6.45, 7) is 9.20. The van der Waals surface area contributed by atoms with Gasteiger partial charge in [-0.2, -0.15) is 0 Å². The van der Waals surface area contributed by atoms with Gasteiger partial charge in [0, 0.05) is 23.9 Å². The number of nitrogens with one attached hydrogen (secondary N) is 2. The summed E-state index contributed by atoms with van der Waals surface area (Å²) >= 11 is 0. The molecule has 1 aliphatic rings. The van der Waals surface area contributed by atoms with Crippen LogP contribution in [0, 0.1) is 0 Å². The average Bonchev–Trinajstić information content (AvgIpc) is 2.86. The Kier molecular flexibility index (Phi) is 4.73. The van der Waals surface area contributed by atoms with Crippen LogP contribution in [0.4, 0.5) is 5.69 Å². The number of amides is 1. The van der Waals surface area contributed by atoms with Gasteiger partial charge in [0.15, 0.2) is 0 Å². The van der Waals surface area contributed by atoms with Crippen LogP contribution in [0.25, 0.3) is 5.57 Å². The highest BCUT2D eigenvalue weighted by Gasteiger charge is 2.23. The molecular formula is C18H19N3O. The maximum Gasteiger partial charge on any atom is 0.256 e. The first-order valence-corrected chi connectivity index (χ1v) is 6.92. The van der Waals surface area contributed by atoms with E-state index >= 15 is 0 Å². The van der Waals surface area contributed by atoms with Crippen molar-refractivity contribution in [2.45, 2.75) is 6.92 Å². The summed E-state index contributed by atoms with van der Waals surface area (Å²) < 4.78 is 0. The zero-order valence-electron chi connectivity index (χ0n) is 12.8. The van der Waals surface area contributed by atoms with E-state index in [1.807, 2.05) is 50.4 Å². The van der Waals surface area contributed by atoms with E-state index in [4.69, 9.17) is 0 Å². The van der Waals surface area contributed by atoms with Gasteiger partial charge in [-0.3, -0.25) is 9.79 Å². The molecule has 0 unspecified atom stereocenters. The minimum Gasteiger partial charge on any atom is -0.387 e. The van der Waals surface area contributed by atoms with Crippen molar-refractivity contribution >= 4 is 23.9 Å². The van der Waals surface area contributed by atoms with E-state index in [2.05, 4.69) is 28.9 Å². The first-order chi connectivity index (χ1) is 10.6. The fourth-order valence-electron chi connectivity index (χ4n) is 2.22. The van der Waals surface area contributed by atoms with Crippen molar-refractivity contribution in [3.8, 4) is 0 Å². The number of anilines is 1. The molecule has 0 aliphatic carbocycles. The van der Waals surface area contributed by atoms with Gasteiger partial charge in [0.2, 0.25) is 0 Å². The van der Waals surface area contributed by atoms with Crippen LogP contribution < -0.4 is 10.6 Å². The summed E-state index contributed by atoms with van der Waals surface area (Å²) in [5.41, 5.74) is 4.77. The quantitative estimate of drug-likeness (QED) is 0.497. The Morgan fingerprint density at radius 3 is 2.73 bits per heavy atom. The van der Waals surface area contributed by atoms with E-state index in [-0.39, 0.29) is 5.91 Å². The molecule has 1 aliphatic heterocycles. The molecule has 1 aromatic rings. The lowest BCUT2D eigenvalue weighted by Gasteiger charge is -2.05. The summed E-state index contributed by atoms with van der Waals surface area (Å²) in [5.74, 6) is -0.109. The van der Waals surface area contributed by atoms with Crippen molar-refractivity contribution in [3.63, 3.8) is 0 Å². The van der Waals surface area contributed by atoms with Crippen molar-refractivity contribution in [3.05, 3.63) is 71.6 Å². The molecule has 22 heavy (non-hydrogen) atoms. The van der Waals surface area contributed by atoms with Gasteiger partial charge >= 0.3 is 0 Å². The Morgan fingerprint density at radius 2 is 2.09 bits per heavy atom. The molecule has 4 heteroatoms. The fourth-order valence-corrected chi connectivity index (χ4v) is 2.22. The van der Waals surface area contributed by atoms with E-state index in [1.54, 1.807) is 6.08 Å². The number of aliphatic imine (C=N–C) groups is 1. The molecule has 0 aromatic heterocycles. The fraction of sp³-hybridized carbons (Fsp3) is 0.111. The number of carbonyl (C=O) groups is 1. The number of carbonyl (C=O) groups excluding carboxylic acids is 1. The molecular weight excluding hydrogens is 274 g/mol. The molecule has 0 saturated carbocycles. The highest BCUT2D eigenvalue weighted by Crippen LogP contribution is 2.32. The van der Waals surface area contributed by atoms with Crippen molar-refractivity contribution in [2.75, 3.05) is 12.4 Å². The highest BCUT2D eigenvalue weighted by molar-refractivity contribution is 6.31. The van der Waals surface area contributed by atoms with Crippen molar-refractivity contribution < 1.29 is 4.79 Å². The van der Waals surface area contributed by atoms with Crippen LogP contribution in [-0.4, -0.2) is 19.7 Å². The monoisotopic (exact) mass is 293 g/mol. The van der Waals surface area contributed by atoms with Gasteiger partial charge in [0.05, 0.1) is 11.4 Å². The van der Waals surface area contributed by atoms with E-state index in [9.17, 15) is 4.79 Å². The smallest absolute Gasteiger partial charge is 0.256 e. The number of hydrogen-bond acceptors (Lipinski definition) is 3. The molecule has 1 aromatic carbocycles. The van der Waals surface area contributed by atoms with Gasteiger partial charge < -0.3 is 10.6 Å². The Balaban J connectivity index is 2.48. The number of fused-ring (bicyclic) bond motifs is 1. The normalized spacial score (nSPS) is 16.7. The molecule has 0 atom stereocenters. The van der Waals surface area contributed by atoms with Gasteiger partial charge in [0.1, 0.15) is 0 Å². The minimum absolute atomic E-state index is 0.109. The Morgan fingerprint density at radius 1 is 1.36 bits per heavy atom. The lowest BCUT2D eigenvalue weighted by Crippen LogP contribution is -2.06. The van der Waals surface area contributed by atoms with E-state index in [1.165, 1.54) is 0 Å². The molecule has 0 bridgehead atoms. The van der Waals surface area contributed by atoms with Crippen LogP contribution >= 0.6 is 0 Å². The summed E-state index contributed by atoms with van der Waals surface area (Å²) in [6, 6.07) is 7.61. The van der Waals surface area contributed by atoms with Crippen molar-refractivity contribution in [2.24, 2.45) is 4.99 Å². The summed E-state index contributed by atoms with van der Waals surface area (Å²) in [4.78, 5) is 16.0. The first kappa shape index (κ1) is 15.5. The summed E-state index contributed by atoms with van der Waals surface area (Å²) in [6.07, 6.45) is 5.41. The van der Waals surface area contributed by atoms with Gasteiger partial charge in [-0.05, 0) is 37.4 Å². The van der Waals surface area contributed by atoms with Gasteiger partial charge in [-0.15, -0.1) is 0 Å². The standard InChI is InChI=1S/C18H19N3O/c1-5-13(11-17(20-4)12(2)19-3)10-15-14-8-6-7-9-16(14)21-18(15)22/h5-11,20H,1,3H2,2,4H3,(H,21,22)/b13-11+,15-10?,17-12-. The third kappa shape index (κ3) is 3.06. The molecule has 0 radical (unpaired) electrons. The van der Waals surface area contributed by atoms with Gasteiger partial charge in [-0.25, -0.2) is 0 Å². The van der Waals surface area contributed by atoms with Gasteiger partial charge in [-0.1, -0.05) is 30.9 Å². The predicted octanol–water partition coefficient (Wildman–Crippen LogP) is 3.29. The highest BCUT2D eigenvalue weighted by atomic mass is 16.2. The number of allylic oxidation sites excluding steroid dienone is 5. The first-order valence-electron chi connectivity index (χ1n) is 6.92. The SMILES string of the molecule is C=C/C(C=C1C(=O)Nc2ccccc21)=C\C(NC)=C(/C)N=C. The average molecular weight is 293 g/mol. The van der Waals surface area contributed by atoms with Crippen LogP contribution in [0.3, 0.4) is 0 Å². The lowest BCUT2D eigenvalue weighted by atomic mass is 10.0. The van der Waals surface area contributed by atoms with Crippen LogP contribution in [-0.2, 0) is 4.79 Å². The lowest BCUT2D eigenvalue weighted by molar-refractivity contribution is -0.110. The zero-order chi connectivity index (χ0) is 16.1. The molecule has 112 valence electrons. The van der Waals surface area contributed by atoms with Crippen LogP contribution in [0.1, 0.15) is 12.5 Å². The Labute approximate surface area is 130 Å². The predicted molar refractivity (Wildman–Crippen MR) is 92.6 cm³/mol. The second kappa shape index (κ2) is 6.72. The molecule has 4 nitrogen and oxygen atoms in total. The van der Waals surface area contributed by atoms with E-state index < -0.39 is 0 Å². The Bertz CT molecular complexity index is 724. The summed E-state index contributed by atoms with van der Waals surface area (Å²) in [7, 11) is 1.81. The number of hydrogen-bond donors (Lipinski definition) is 2. The number of likely N-dealkylation sites (N-methyl/N-ethyl adjacent to an activating group) is 1. The third-order valence-electron chi connectivity index (χ3n) is 3.46. The third-order valence-corrected chi connectivity index (χ3v) is 3.46. The molecule has 1 heterocycles. The van der Waals surface area contributed by atoms with Crippen LogP contribution in [0.2, 0.25) is 0 Å². The Hall–Kier alpha value is -2.88. The largest absolute Gasteiger partial charge is 0.387 e. The van der Waals surface area contributed by atoms with Crippen LogP contribution in [0.15, 0.2) is 71.0 Å². The molecule has 0 fully saturated rings. The molecule has 1 amide bonds.